The molecular weight excluding hydrogens is 392 g/mol. The Balaban J connectivity index is 1.31. The van der Waals surface area contributed by atoms with Gasteiger partial charge in [-0.25, -0.2) is 0 Å². The maximum Gasteiger partial charge on any atom is 0.252 e. The van der Waals surface area contributed by atoms with Crippen molar-refractivity contribution in [1.29, 1.82) is 0 Å². The van der Waals surface area contributed by atoms with Crippen LogP contribution in [0.4, 0.5) is 0 Å². The lowest BCUT2D eigenvalue weighted by Crippen LogP contribution is -2.51. The number of hydrogen-bond acceptors (Lipinski definition) is 2. The summed E-state index contributed by atoms with van der Waals surface area (Å²) in [5.74, 6) is 2.74. The van der Waals surface area contributed by atoms with Crippen molar-refractivity contribution in [3.8, 4) is 0 Å². The van der Waals surface area contributed by atoms with Crippen molar-refractivity contribution in [2.75, 3.05) is 13.1 Å². The van der Waals surface area contributed by atoms with Gasteiger partial charge in [0.2, 0.25) is 0 Å². The van der Waals surface area contributed by atoms with Crippen LogP contribution < -0.4 is 10.6 Å². The molecule has 0 spiro atoms. The Morgan fingerprint density at radius 1 is 1.10 bits per heavy atom. The van der Waals surface area contributed by atoms with E-state index in [-0.39, 0.29) is 5.91 Å². The second-order valence-electron chi connectivity index (χ2n) is 10.5. The third-order valence-electron chi connectivity index (χ3n) is 8.13. The molecule has 3 nitrogen and oxygen atoms in total. The fourth-order valence-corrected chi connectivity index (χ4v) is 7.15. The molecule has 1 aromatic carbocycles. The van der Waals surface area contributed by atoms with Gasteiger partial charge in [0.25, 0.3) is 5.91 Å². The monoisotopic (exact) mass is 430 g/mol. The number of hydrogen-bond donors (Lipinski definition) is 2. The van der Waals surface area contributed by atoms with E-state index in [9.17, 15) is 4.79 Å². The highest BCUT2D eigenvalue weighted by molar-refractivity contribution is 6.33. The summed E-state index contributed by atoms with van der Waals surface area (Å²) in [7, 11) is 0. The zero-order chi connectivity index (χ0) is 21.1. The molecule has 0 radical (unpaired) electrons. The van der Waals surface area contributed by atoms with E-state index in [2.05, 4.69) is 30.5 Å². The van der Waals surface area contributed by atoms with Crippen LogP contribution in [-0.2, 0) is 6.42 Å². The lowest BCUT2D eigenvalue weighted by molar-refractivity contribution is -0.0503. The highest BCUT2D eigenvalue weighted by atomic mass is 35.5. The van der Waals surface area contributed by atoms with E-state index >= 15 is 0 Å². The molecule has 4 aliphatic carbocycles. The van der Waals surface area contributed by atoms with Gasteiger partial charge >= 0.3 is 0 Å². The molecule has 0 atom stereocenters. The molecule has 4 aliphatic rings. The fraction of sp³-hybridized carbons (Fsp3) is 0.731. The maximum atomic E-state index is 13.0. The average Bonchev–Trinajstić information content (AvgIpc) is 2.72. The van der Waals surface area contributed by atoms with Crippen LogP contribution in [0.25, 0.3) is 0 Å². The van der Waals surface area contributed by atoms with Gasteiger partial charge in [-0.15, -0.1) is 0 Å². The number of amides is 1. The first-order chi connectivity index (χ1) is 14.5. The first-order valence-electron chi connectivity index (χ1n) is 12.3. The molecule has 0 saturated heterocycles. The summed E-state index contributed by atoms with van der Waals surface area (Å²) in [4.78, 5) is 13.0. The van der Waals surface area contributed by atoms with Gasteiger partial charge in [0.1, 0.15) is 0 Å². The Hall–Kier alpha value is -1.06. The van der Waals surface area contributed by atoms with Gasteiger partial charge in [0.15, 0.2) is 0 Å². The molecule has 0 heterocycles. The van der Waals surface area contributed by atoms with Crippen LogP contribution in [0.15, 0.2) is 18.2 Å². The van der Waals surface area contributed by atoms with Gasteiger partial charge in [-0.1, -0.05) is 31.5 Å². The predicted octanol–water partition coefficient (Wildman–Crippen LogP) is 6.00. The summed E-state index contributed by atoms with van der Waals surface area (Å²) >= 11 is 6.41. The van der Waals surface area contributed by atoms with Crippen molar-refractivity contribution in [2.24, 2.45) is 23.2 Å². The van der Waals surface area contributed by atoms with E-state index in [1.807, 2.05) is 12.1 Å². The zero-order valence-electron chi connectivity index (χ0n) is 18.8. The van der Waals surface area contributed by atoms with Crippen molar-refractivity contribution >= 4 is 17.5 Å². The maximum absolute atomic E-state index is 13.0. The molecule has 0 aromatic heterocycles. The number of halogens is 1. The second kappa shape index (κ2) is 9.61. The minimum atomic E-state index is 0.00718. The highest BCUT2D eigenvalue weighted by Crippen LogP contribution is 2.59. The van der Waals surface area contributed by atoms with Crippen LogP contribution in [0.5, 0.6) is 0 Å². The molecule has 1 aromatic rings. The molecule has 4 bridgehead atoms. The van der Waals surface area contributed by atoms with Crippen molar-refractivity contribution in [3.05, 3.63) is 34.3 Å². The van der Waals surface area contributed by atoms with Crippen molar-refractivity contribution in [1.82, 2.24) is 10.6 Å². The van der Waals surface area contributed by atoms with Crippen LogP contribution in [0.3, 0.4) is 0 Å². The van der Waals surface area contributed by atoms with Gasteiger partial charge in [0, 0.05) is 12.6 Å². The third-order valence-corrected chi connectivity index (χ3v) is 8.45. The lowest BCUT2D eigenvalue weighted by Gasteiger charge is -2.56. The number of carbonyl (C=O) groups excluding carboxylic acids is 1. The van der Waals surface area contributed by atoms with Gasteiger partial charge in [-0.05, 0) is 112 Å². The van der Waals surface area contributed by atoms with Crippen molar-refractivity contribution in [2.45, 2.75) is 84.1 Å². The van der Waals surface area contributed by atoms with E-state index in [1.165, 1.54) is 56.9 Å². The molecule has 4 heteroatoms. The van der Waals surface area contributed by atoms with Crippen LogP contribution in [0.2, 0.25) is 5.02 Å². The summed E-state index contributed by atoms with van der Waals surface area (Å²) in [6.45, 7) is 6.31. The third kappa shape index (κ3) is 5.05. The van der Waals surface area contributed by atoms with Crippen LogP contribution >= 0.6 is 11.6 Å². The summed E-state index contributed by atoms with van der Waals surface area (Å²) in [5, 5.41) is 7.47. The predicted molar refractivity (Wildman–Crippen MR) is 125 cm³/mol. The SMILES string of the molecule is CCC(CC)NCCCc1ccc(Cl)c(C(=O)NCC23CC4CC(CC(C4)C2)C3)c1. The smallest absolute Gasteiger partial charge is 0.252 e. The van der Waals surface area contributed by atoms with E-state index in [0.717, 1.165) is 43.7 Å². The normalized spacial score (nSPS) is 29.5. The lowest BCUT2D eigenvalue weighted by atomic mass is 9.49. The number of aryl methyl sites for hydroxylation is 1. The Morgan fingerprint density at radius 2 is 1.73 bits per heavy atom. The Morgan fingerprint density at radius 3 is 2.33 bits per heavy atom. The van der Waals surface area contributed by atoms with Crippen molar-refractivity contribution < 1.29 is 4.79 Å². The van der Waals surface area contributed by atoms with Gasteiger partial charge in [-0.2, -0.15) is 0 Å². The minimum absolute atomic E-state index is 0.00718. The summed E-state index contributed by atoms with van der Waals surface area (Å²) in [6, 6.07) is 6.58. The van der Waals surface area contributed by atoms with Crippen LogP contribution in [0, 0.1) is 23.2 Å². The number of nitrogens with one attached hydrogen (secondary N) is 2. The van der Waals surface area contributed by atoms with Gasteiger partial charge in [-0.3, -0.25) is 4.79 Å². The minimum Gasteiger partial charge on any atom is -0.351 e. The van der Waals surface area contributed by atoms with Crippen molar-refractivity contribution in [3.63, 3.8) is 0 Å². The molecule has 0 unspecified atom stereocenters. The van der Waals surface area contributed by atoms with E-state index in [0.29, 0.717) is 22.0 Å². The van der Waals surface area contributed by atoms with Gasteiger partial charge < -0.3 is 10.6 Å². The Labute approximate surface area is 187 Å². The molecular formula is C26H39ClN2O. The first kappa shape index (κ1) is 22.1. The molecule has 0 aliphatic heterocycles. The molecule has 4 saturated carbocycles. The number of rotatable bonds is 10. The summed E-state index contributed by atoms with van der Waals surface area (Å²) in [5.41, 5.74) is 2.20. The Kier molecular flexibility index (Phi) is 7.09. The number of benzene rings is 1. The summed E-state index contributed by atoms with van der Waals surface area (Å²) < 4.78 is 0. The molecule has 5 rings (SSSR count). The van der Waals surface area contributed by atoms with Crippen LogP contribution in [-0.4, -0.2) is 25.0 Å². The number of carbonyl (C=O) groups is 1. The quantitative estimate of drug-likeness (QED) is 0.447. The first-order valence-corrected chi connectivity index (χ1v) is 12.7. The summed E-state index contributed by atoms with van der Waals surface area (Å²) in [6.07, 6.45) is 12.7. The van der Waals surface area contributed by atoms with E-state index in [4.69, 9.17) is 11.6 Å². The molecule has 1 amide bonds. The second-order valence-corrected chi connectivity index (χ2v) is 10.9. The Bertz CT molecular complexity index is 707. The van der Waals surface area contributed by atoms with Gasteiger partial charge in [0.05, 0.1) is 10.6 Å². The van der Waals surface area contributed by atoms with E-state index in [1.54, 1.807) is 0 Å². The average molecular weight is 431 g/mol. The van der Waals surface area contributed by atoms with E-state index < -0.39 is 0 Å². The zero-order valence-corrected chi connectivity index (χ0v) is 19.6. The fourth-order valence-electron chi connectivity index (χ4n) is 6.95. The van der Waals surface area contributed by atoms with Crippen LogP contribution in [0.1, 0.15) is 87.6 Å². The molecule has 30 heavy (non-hydrogen) atoms. The topological polar surface area (TPSA) is 41.1 Å². The standard InChI is InChI=1S/C26H39ClN2O/c1-3-22(4-2)28-9-5-6-18-7-8-24(27)23(13-18)25(30)29-17-26-14-19-10-20(15-26)12-21(11-19)16-26/h7-8,13,19-22,28H,3-6,9-12,14-17H2,1-2H3,(H,29,30). The largest absolute Gasteiger partial charge is 0.351 e. The molecule has 2 N–H and O–H groups in total. The molecule has 166 valence electrons. The highest BCUT2D eigenvalue weighted by Gasteiger charge is 2.50. The molecule has 4 fully saturated rings.